The summed E-state index contributed by atoms with van der Waals surface area (Å²) in [6.07, 6.45) is 0.143. The topological polar surface area (TPSA) is 66.7 Å². The highest BCUT2D eigenvalue weighted by atomic mass is 16.3. The van der Waals surface area contributed by atoms with Crippen LogP contribution in [-0.2, 0) is 16.0 Å². The van der Waals surface area contributed by atoms with Crippen LogP contribution in [0.2, 0.25) is 0 Å². The van der Waals surface area contributed by atoms with Crippen molar-refractivity contribution in [3.63, 3.8) is 0 Å². The zero-order chi connectivity index (χ0) is 18.1. The highest BCUT2D eigenvalue weighted by molar-refractivity contribution is 5.81. The monoisotopic (exact) mass is 343 g/mol. The molecule has 6 heteroatoms. The molecule has 0 saturated carbocycles. The van der Waals surface area contributed by atoms with E-state index < -0.39 is 0 Å². The van der Waals surface area contributed by atoms with Crippen molar-refractivity contribution < 1.29 is 14.0 Å². The molecule has 2 amide bonds. The molecule has 25 heavy (non-hydrogen) atoms. The lowest BCUT2D eigenvalue weighted by Gasteiger charge is -2.45. The van der Waals surface area contributed by atoms with Gasteiger partial charge in [-0.3, -0.25) is 9.59 Å². The van der Waals surface area contributed by atoms with E-state index in [0.29, 0.717) is 24.6 Å². The zero-order valence-corrected chi connectivity index (χ0v) is 15.2. The lowest BCUT2D eigenvalue weighted by atomic mass is 10.0. The maximum absolute atomic E-state index is 12.7. The van der Waals surface area contributed by atoms with Gasteiger partial charge in [0.05, 0.1) is 0 Å². The van der Waals surface area contributed by atoms with Gasteiger partial charge in [-0.05, 0) is 26.0 Å². The number of benzene rings is 1. The molecule has 1 aliphatic heterocycles. The van der Waals surface area contributed by atoms with E-state index in [1.54, 1.807) is 0 Å². The number of nitrogens with zero attached hydrogens (tertiary/aromatic N) is 3. The second-order valence-corrected chi connectivity index (χ2v) is 7.01. The first-order valence-electron chi connectivity index (χ1n) is 8.83. The van der Waals surface area contributed by atoms with Gasteiger partial charge in [0, 0.05) is 31.1 Å². The summed E-state index contributed by atoms with van der Waals surface area (Å²) in [4.78, 5) is 33.2. The minimum atomic E-state index is -0.0340. The average molecular weight is 343 g/mol. The summed E-state index contributed by atoms with van der Waals surface area (Å²) in [6.45, 7) is 8.93. The van der Waals surface area contributed by atoms with E-state index in [1.165, 1.54) is 0 Å². The molecule has 2 atom stereocenters. The average Bonchev–Trinajstić information content (AvgIpc) is 2.98. The van der Waals surface area contributed by atoms with Crippen molar-refractivity contribution in [1.29, 1.82) is 0 Å². The van der Waals surface area contributed by atoms with E-state index in [2.05, 4.69) is 4.98 Å². The Bertz CT molecular complexity index is 750. The number of para-hydroxylation sites is 2. The molecule has 0 aliphatic carbocycles. The van der Waals surface area contributed by atoms with Crippen LogP contribution in [-0.4, -0.2) is 51.8 Å². The van der Waals surface area contributed by atoms with Crippen LogP contribution < -0.4 is 0 Å². The van der Waals surface area contributed by atoms with Gasteiger partial charge in [-0.15, -0.1) is 0 Å². The SMILES string of the molecule is CC(C)C(=O)N1CCN(C(=O)Cc2nc3ccccc3o2)[C@@H](C)[C@H]1C. The van der Waals surface area contributed by atoms with Crippen LogP contribution >= 0.6 is 0 Å². The van der Waals surface area contributed by atoms with Gasteiger partial charge in [-0.1, -0.05) is 26.0 Å². The number of hydrogen-bond acceptors (Lipinski definition) is 4. The number of aromatic nitrogens is 1. The maximum atomic E-state index is 12.7. The van der Waals surface area contributed by atoms with Gasteiger partial charge in [-0.2, -0.15) is 0 Å². The molecule has 2 heterocycles. The second kappa shape index (κ2) is 6.86. The van der Waals surface area contributed by atoms with E-state index in [9.17, 15) is 9.59 Å². The molecule has 1 aliphatic rings. The molecule has 0 N–H and O–H groups in total. The van der Waals surface area contributed by atoms with Crippen molar-refractivity contribution in [2.45, 2.75) is 46.2 Å². The lowest BCUT2D eigenvalue weighted by molar-refractivity contribution is -0.148. The van der Waals surface area contributed by atoms with Crippen LogP contribution in [0, 0.1) is 5.92 Å². The van der Waals surface area contributed by atoms with Gasteiger partial charge in [-0.25, -0.2) is 4.98 Å². The summed E-state index contributed by atoms with van der Waals surface area (Å²) in [5.41, 5.74) is 1.46. The number of amides is 2. The third-order valence-corrected chi connectivity index (χ3v) is 5.00. The summed E-state index contributed by atoms with van der Waals surface area (Å²) < 4.78 is 5.66. The number of carbonyl (C=O) groups is 2. The van der Waals surface area contributed by atoms with Gasteiger partial charge >= 0.3 is 0 Å². The molecule has 0 bridgehead atoms. The fourth-order valence-electron chi connectivity index (χ4n) is 3.36. The third-order valence-electron chi connectivity index (χ3n) is 5.00. The Morgan fingerprint density at radius 2 is 1.80 bits per heavy atom. The lowest BCUT2D eigenvalue weighted by Crippen LogP contribution is -2.61. The van der Waals surface area contributed by atoms with E-state index in [4.69, 9.17) is 4.42 Å². The van der Waals surface area contributed by atoms with Crippen LogP contribution in [0.5, 0.6) is 0 Å². The third kappa shape index (κ3) is 3.38. The van der Waals surface area contributed by atoms with Crippen LogP contribution in [0.3, 0.4) is 0 Å². The van der Waals surface area contributed by atoms with Crippen LogP contribution in [0.4, 0.5) is 0 Å². The quantitative estimate of drug-likeness (QED) is 0.859. The highest BCUT2D eigenvalue weighted by Gasteiger charge is 2.36. The Balaban J connectivity index is 1.69. The molecule has 1 aromatic carbocycles. The normalized spacial score (nSPS) is 21.2. The van der Waals surface area contributed by atoms with Crippen molar-refractivity contribution in [3.8, 4) is 0 Å². The number of oxazole rings is 1. The number of rotatable bonds is 3. The molecule has 1 aromatic heterocycles. The van der Waals surface area contributed by atoms with Crippen LogP contribution in [0.1, 0.15) is 33.6 Å². The summed E-state index contributed by atoms with van der Waals surface area (Å²) in [6, 6.07) is 7.45. The second-order valence-electron chi connectivity index (χ2n) is 7.01. The Hall–Kier alpha value is -2.37. The number of piperazine rings is 1. The smallest absolute Gasteiger partial charge is 0.232 e. The molecule has 1 fully saturated rings. The summed E-state index contributed by atoms with van der Waals surface area (Å²) >= 11 is 0. The predicted molar refractivity (Wildman–Crippen MR) is 94.9 cm³/mol. The van der Waals surface area contributed by atoms with Crippen molar-refractivity contribution in [2.75, 3.05) is 13.1 Å². The largest absolute Gasteiger partial charge is 0.440 e. The van der Waals surface area contributed by atoms with E-state index >= 15 is 0 Å². The molecule has 1 saturated heterocycles. The van der Waals surface area contributed by atoms with Gasteiger partial charge in [0.25, 0.3) is 0 Å². The Morgan fingerprint density at radius 1 is 1.16 bits per heavy atom. The Morgan fingerprint density at radius 3 is 2.48 bits per heavy atom. The number of fused-ring (bicyclic) bond motifs is 1. The van der Waals surface area contributed by atoms with Gasteiger partial charge in [0.15, 0.2) is 5.58 Å². The van der Waals surface area contributed by atoms with E-state index in [-0.39, 0.29) is 36.2 Å². The fourth-order valence-corrected chi connectivity index (χ4v) is 3.36. The van der Waals surface area contributed by atoms with Crippen molar-refractivity contribution >= 4 is 22.9 Å². The molecule has 0 radical (unpaired) electrons. The molecule has 2 aromatic rings. The molecule has 0 unspecified atom stereocenters. The molecule has 6 nitrogen and oxygen atoms in total. The minimum absolute atomic E-state index is 0.00349. The minimum Gasteiger partial charge on any atom is -0.440 e. The van der Waals surface area contributed by atoms with Crippen molar-refractivity contribution in [1.82, 2.24) is 14.8 Å². The van der Waals surface area contributed by atoms with E-state index in [0.717, 1.165) is 5.52 Å². The first kappa shape index (κ1) is 17.5. The van der Waals surface area contributed by atoms with E-state index in [1.807, 2.05) is 61.8 Å². The van der Waals surface area contributed by atoms with Crippen molar-refractivity contribution in [3.05, 3.63) is 30.2 Å². The maximum Gasteiger partial charge on any atom is 0.232 e. The first-order valence-corrected chi connectivity index (χ1v) is 8.83. The standard InChI is InChI=1S/C19H25N3O3/c1-12(2)19(24)22-10-9-21(13(3)14(22)4)18(23)11-17-20-15-7-5-6-8-16(15)25-17/h5-8,12-14H,9-11H2,1-4H3/t13-,14+/m0/s1. The number of carbonyl (C=O) groups excluding carboxylic acids is 2. The van der Waals surface area contributed by atoms with Gasteiger partial charge < -0.3 is 14.2 Å². The summed E-state index contributed by atoms with van der Waals surface area (Å²) in [5.74, 6) is 0.538. The fraction of sp³-hybridized carbons (Fsp3) is 0.526. The molecular formula is C19H25N3O3. The summed E-state index contributed by atoms with van der Waals surface area (Å²) in [5, 5.41) is 0. The first-order chi connectivity index (χ1) is 11.9. The predicted octanol–water partition coefficient (Wildman–Crippen LogP) is 2.47. The molecule has 0 spiro atoms. The van der Waals surface area contributed by atoms with Crippen molar-refractivity contribution in [2.24, 2.45) is 5.92 Å². The Labute approximate surface area is 147 Å². The van der Waals surface area contributed by atoms with Gasteiger partial charge in [0.1, 0.15) is 11.9 Å². The molecular weight excluding hydrogens is 318 g/mol. The molecule has 134 valence electrons. The van der Waals surface area contributed by atoms with Crippen LogP contribution in [0.25, 0.3) is 11.1 Å². The van der Waals surface area contributed by atoms with Crippen LogP contribution in [0.15, 0.2) is 28.7 Å². The summed E-state index contributed by atoms with van der Waals surface area (Å²) in [7, 11) is 0. The highest BCUT2D eigenvalue weighted by Crippen LogP contribution is 2.21. The molecule has 3 rings (SSSR count). The zero-order valence-electron chi connectivity index (χ0n) is 15.2. The number of hydrogen-bond donors (Lipinski definition) is 0. The van der Waals surface area contributed by atoms with Gasteiger partial charge in [0.2, 0.25) is 17.7 Å². The Kier molecular flexibility index (Phi) is 4.79.